The SMILES string of the molecule is CCC12CC1C1CC2C1. The predicted octanol–water partition coefficient (Wildman–Crippen LogP) is 2.44. The van der Waals surface area contributed by atoms with Crippen molar-refractivity contribution in [2.24, 2.45) is 23.2 Å². The molecule has 0 amide bonds. The Morgan fingerprint density at radius 3 is 2.44 bits per heavy atom. The largest absolute Gasteiger partial charge is 0.0648 e. The molecule has 0 heterocycles. The standard InChI is InChI=1S/C9H14/c1-2-9-5-8(9)6-3-7(9)4-6/h6-8H,2-5H2,1H3. The quantitative estimate of drug-likeness (QED) is 0.501. The van der Waals surface area contributed by atoms with Gasteiger partial charge in [0.2, 0.25) is 0 Å². The van der Waals surface area contributed by atoms with Gasteiger partial charge in [0.25, 0.3) is 0 Å². The van der Waals surface area contributed by atoms with Crippen LogP contribution >= 0.6 is 0 Å². The zero-order valence-corrected chi connectivity index (χ0v) is 6.06. The Hall–Kier alpha value is 0. The van der Waals surface area contributed by atoms with E-state index in [2.05, 4.69) is 6.92 Å². The van der Waals surface area contributed by atoms with Gasteiger partial charge in [-0.05, 0) is 48.9 Å². The molecule has 2 atom stereocenters. The third-order valence-corrected chi connectivity index (χ3v) is 4.39. The lowest BCUT2D eigenvalue weighted by molar-refractivity contribution is 0.195. The first-order valence-corrected chi connectivity index (χ1v) is 4.37. The minimum atomic E-state index is 0.935. The average molecular weight is 122 g/mol. The summed E-state index contributed by atoms with van der Waals surface area (Å²) in [4.78, 5) is 0. The summed E-state index contributed by atoms with van der Waals surface area (Å²) < 4.78 is 0. The highest BCUT2D eigenvalue weighted by Gasteiger charge is 2.71. The fourth-order valence-corrected chi connectivity index (χ4v) is 3.61. The monoisotopic (exact) mass is 122 g/mol. The molecule has 2 unspecified atom stereocenters. The van der Waals surface area contributed by atoms with Gasteiger partial charge in [0.05, 0.1) is 0 Å². The Kier molecular flexibility index (Phi) is 0.574. The molecule has 0 radical (unpaired) electrons. The zero-order chi connectivity index (χ0) is 6.06. The van der Waals surface area contributed by atoms with E-state index in [4.69, 9.17) is 0 Å². The molecule has 50 valence electrons. The number of rotatable bonds is 1. The Bertz CT molecular complexity index is 147. The molecule has 2 bridgehead atoms. The summed E-state index contributed by atoms with van der Waals surface area (Å²) in [6.07, 6.45) is 6.31. The van der Waals surface area contributed by atoms with Crippen LogP contribution in [-0.4, -0.2) is 0 Å². The maximum absolute atomic E-state index is 2.39. The summed E-state index contributed by atoms with van der Waals surface area (Å²) in [5, 5.41) is 0. The molecule has 4 aliphatic rings. The maximum Gasteiger partial charge on any atom is -0.0237 e. The van der Waals surface area contributed by atoms with Crippen LogP contribution in [0, 0.1) is 23.2 Å². The average Bonchev–Trinajstić information content (AvgIpc) is 2.32. The van der Waals surface area contributed by atoms with Crippen LogP contribution < -0.4 is 0 Å². The van der Waals surface area contributed by atoms with E-state index >= 15 is 0 Å². The van der Waals surface area contributed by atoms with Gasteiger partial charge < -0.3 is 0 Å². The summed E-state index contributed by atoms with van der Waals surface area (Å²) in [5.74, 6) is 3.61. The summed E-state index contributed by atoms with van der Waals surface area (Å²) in [7, 11) is 0. The zero-order valence-electron chi connectivity index (χ0n) is 6.06. The molecule has 0 aliphatic heterocycles. The topological polar surface area (TPSA) is 0 Å². The molecule has 0 spiro atoms. The third kappa shape index (κ3) is 0.320. The lowest BCUT2D eigenvalue weighted by Crippen LogP contribution is -2.21. The van der Waals surface area contributed by atoms with Gasteiger partial charge in [-0.15, -0.1) is 0 Å². The Labute approximate surface area is 56.6 Å². The van der Waals surface area contributed by atoms with Crippen LogP contribution in [0.2, 0.25) is 0 Å². The molecule has 0 heteroatoms. The molecule has 4 saturated carbocycles. The van der Waals surface area contributed by atoms with Gasteiger partial charge in [-0.2, -0.15) is 0 Å². The van der Waals surface area contributed by atoms with E-state index in [1.165, 1.54) is 24.2 Å². The second-order valence-electron chi connectivity index (χ2n) is 4.33. The van der Waals surface area contributed by atoms with Crippen molar-refractivity contribution in [2.45, 2.75) is 32.6 Å². The van der Waals surface area contributed by atoms with E-state index in [1.807, 2.05) is 0 Å². The summed E-state index contributed by atoms with van der Waals surface area (Å²) in [5.41, 5.74) is 0.935. The number of hydrogen-bond acceptors (Lipinski definition) is 0. The van der Waals surface area contributed by atoms with E-state index in [9.17, 15) is 0 Å². The van der Waals surface area contributed by atoms with Crippen LogP contribution in [0.4, 0.5) is 0 Å². The summed E-state index contributed by atoms with van der Waals surface area (Å²) >= 11 is 0. The number of hydrogen-bond donors (Lipinski definition) is 0. The van der Waals surface area contributed by atoms with Crippen LogP contribution in [-0.2, 0) is 0 Å². The highest BCUT2D eigenvalue weighted by molar-refractivity contribution is 5.20. The van der Waals surface area contributed by atoms with E-state index in [1.54, 1.807) is 19.3 Å². The van der Waals surface area contributed by atoms with Gasteiger partial charge in [-0.25, -0.2) is 0 Å². The second-order valence-corrected chi connectivity index (χ2v) is 4.33. The second kappa shape index (κ2) is 1.09. The van der Waals surface area contributed by atoms with E-state index < -0.39 is 0 Å². The van der Waals surface area contributed by atoms with Gasteiger partial charge in [-0.1, -0.05) is 6.92 Å². The fourth-order valence-electron chi connectivity index (χ4n) is 3.61. The van der Waals surface area contributed by atoms with Crippen LogP contribution in [0.15, 0.2) is 0 Å². The highest BCUT2D eigenvalue weighted by atomic mass is 14.8. The smallest absolute Gasteiger partial charge is 0.0237 e. The normalized spacial score (nSPS) is 67.0. The molecule has 0 saturated heterocycles. The molecule has 4 rings (SSSR count). The first kappa shape index (κ1) is 4.76. The molecule has 0 aromatic heterocycles. The fraction of sp³-hybridized carbons (Fsp3) is 1.00. The van der Waals surface area contributed by atoms with Crippen molar-refractivity contribution >= 4 is 0 Å². The van der Waals surface area contributed by atoms with Gasteiger partial charge in [0.15, 0.2) is 0 Å². The molecule has 0 aromatic rings. The van der Waals surface area contributed by atoms with Gasteiger partial charge >= 0.3 is 0 Å². The Balaban J connectivity index is 1.98. The first-order chi connectivity index (χ1) is 4.37. The first-order valence-electron chi connectivity index (χ1n) is 4.37. The van der Waals surface area contributed by atoms with Crippen LogP contribution in [0.1, 0.15) is 32.6 Å². The molecule has 0 N–H and O–H groups in total. The molecule has 0 nitrogen and oxygen atoms in total. The van der Waals surface area contributed by atoms with Crippen LogP contribution in [0.25, 0.3) is 0 Å². The summed E-state index contributed by atoms with van der Waals surface area (Å²) in [6.45, 7) is 2.39. The van der Waals surface area contributed by atoms with Crippen molar-refractivity contribution in [3.63, 3.8) is 0 Å². The van der Waals surface area contributed by atoms with Crippen molar-refractivity contribution in [1.29, 1.82) is 0 Å². The minimum Gasteiger partial charge on any atom is -0.0648 e. The maximum atomic E-state index is 2.39. The van der Waals surface area contributed by atoms with Gasteiger partial charge in [-0.3, -0.25) is 0 Å². The molecular weight excluding hydrogens is 108 g/mol. The highest BCUT2D eigenvalue weighted by Crippen LogP contribution is 2.79. The van der Waals surface area contributed by atoms with Crippen molar-refractivity contribution < 1.29 is 0 Å². The Morgan fingerprint density at radius 2 is 2.22 bits per heavy atom. The Morgan fingerprint density at radius 1 is 1.44 bits per heavy atom. The molecule has 4 fully saturated rings. The lowest BCUT2D eigenvalue weighted by atomic mass is 9.74. The van der Waals surface area contributed by atoms with Gasteiger partial charge in [0, 0.05) is 0 Å². The van der Waals surface area contributed by atoms with Gasteiger partial charge in [0.1, 0.15) is 0 Å². The molecule has 0 aromatic carbocycles. The predicted molar refractivity (Wildman–Crippen MR) is 37.0 cm³/mol. The van der Waals surface area contributed by atoms with Crippen molar-refractivity contribution in [2.75, 3.05) is 0 Å². The third-order valence-electron chi connectivity index (χ3n) is 4.39. The van der Waals surface area contributed by atoms with Crippen molar-refractivity contribution in [3.8, 4) is 0 Å². The van der Waals surface area contributed by atoms with E-state index in [0.29, 0.717) is 0 Å². The van der Waals surface area contributed by atoms with E-state index in [0.717, 1.165) is 5.41 Å². The molecular formula is C9H14. The van der Waals surface area contributed by atoms with Crippen LogP contribution in [0.3, 0.4) is 0 Å². The lowest BCUT2D eigenvalue weighted by Gasteiger charge is -2.31. The van der Waals surface area contributed by atoms with Crippen molar-refractivity contribution in [3.05, 3.63) is 0 Å². The van der Waals surface area contributed by atoms with Crippen molar-refractivity contribution in [1.82, 2.24) is 0 Å². The molecule has 9 heavy (non-hydrogen) atoms. The minimum absolute atomic E-state index is 0.935. The van der Waals surface area contributed by atoms with Crippen LogP contribution in [0.5, 0.6) is 0 Å². The van der Waals surface area contributed by atoms with E-state index in [-0.39, 0.29) is 0 Å². The molecule has 4 aliphatic carbocycles. The summed E-state index contributed by atoms with van der Waals surface area (Å²) in [6, 6.07) is 0.